The molecule has 3 heteroatoms. The molecule has 0 bridgehead atoms. The van der Waals surface area contributed by atoms with Gasteiger partial charge in [-0.15, -0.1) is 11.6 Å². The second-order valence-corrected chi connectivity index (χ2v) is 4.99. The number of rotatable bonds is 9. The van der Waals surface area contributed by atoms with Crippen LogP contribution < -0.4 is 4.90 Å². The summed E-state index contributed by atoms with van der Waals surface area (Å²) in [6.07, 6.45) is 1.20. The molecule has 0 N–H and O–H groups in total. The summed E-state index contributed by atoms with van der Waals surface area (Å²) in [5.41, 5.74) is 2.52. The topological polar surface area (TPSA) is 6.48 Å². The van der Waals surface area contributed by atoms with Gasteiger partial charge in [-0.1, -0.05) is 32.0 Å². The second kappa shape index (κ2) is 9.22. The lowest BCUT2D eigenvalue weighted by atomic mass is 10.1. The molecule has 0 spiro atoms. The number of para-hydroxylation sites is 1. The molecule has 19 heavy (non-hydrogen) atoms. The van der Waals surface area contributed by atoms with Crippen LogP contribution in [0, 0.1) is 0 Å². The Kier molecular flexibility index (Phi) is 7.92. The van der Waals surface area contributed by atoms with Crippen LogP contribution in [0.1, 0.15) is 32.8 Å². The van der Waals surface area contributed by atoms with Crippen molar-refractivity contribution in [2.24, 2.45) is 0 Å². The van der Waals surface area contributed by atoms with Gasteiger partial charge in [0.1, 0.15) is 0 Å². The van der Waals surface area contributed by atoms with Gasteiger partial charge in [0.15, 0.2) is 0 Å². The lowest BCUT2D eigenvalue weighted by molar-refractivity contribution is 0.300. The van der Waals surface area contributed by atoms with E-state index in [4.69, 9.17) is 11.6 Å². The average Bonchev–Trinajstić information content (AvgIpc) is 2.48. The number of benzene rings is 1. The van der Waals surface area contributed by atoms with Crippen molar-refractivity contribution in [2.45, 2.75) is 33.1 Å². The zero-order valence-corrected chi connectivity index (χ0v) is 13.3. The second-order valence-electron chi connectivity index (χ2n) is 4.72. The number of halogens is 1. The summed E-state index contributed by atoms with van der Waals surface area (Å²) in [6.45, 7) is 12.2. The average molecular weight is 283 g/mol. The van der Waals surface area contributed by atoms with Gasteiger partial charge in [-0.3, -0.25) is 0 Å². The summed E-state index contributed by atoms with van der Waals surface area (Å²) in [5.74, 6) is 0.586. The molecule has 0 atom stereocenters. The van der Waals surface area contributed by atoms with E-state index in [0.29, 0.717) is 5.88 Å². The van der Waals surface area contributed by atoms with Gasteiger partial charge < -0.3 is 9.80 Å². The van der Waals surface area contributed by atoms with Gasteiger partial charge in [-0.25, -0.2) is 0 Å². The molecule has 1 aromatic carbocycles. The Morgan fingerprint density at radius 2 is 1.63 bits per heavy atom. The first-order valence-electron chi connectivity index (χ1n) is 7.37. The fourth-order valence-corrected chi connectivity index (χ4v) is 2.63. The molecule has 0 heterocycles. The first-order chi connectivity index (χ1) is 9.26. The number of alkyl halides is 1. The Balaban J connectivity index is 2.58. The first-order valence-corrected chi connectivity index (χ1v) is 7.91. The number of nitrogens with zero attached hydrogens (tertiary/aromatic N) is 2. The summed E-state index contributed by atoms with van der Waals surface area (Å²) < 4.78 is 0. The molecule has 0 saturated heterocycles. The maximum atomic E-state index is 6.03. The number of hydrogen-bond donors (Lipinski definition) is 0. The monoisotopic (exact) mass is 282 g/mol. The Morgan fingerprint density at radius 3 is 2.21 bits per heavy atom. The molecule has 0 amide bonds. The van der Waals surface area contributed by atoms with Crippen molar-refractivity contribution in [1.82, 2.24) is 4.90 Å². The highest BCUT2D eigenvalue weighted by atomic mass is 35.5. The highest BCUT2D eigenvalue weighted by molar-refractivity contribution is 6.17. The van der Waals surface area contributed by atoms with Gasteiger partial charge >= 0.3 is 0 Å². The van der Waals surface area contributed by atoms with Gasteiger partial charge in [0.2, 0.25) is 0 Å². The molecule has 1 rings (SSSR count). The van der Waals surface area contributed by atoms with E-state index in [1.54, 1.807) is 0 Å². The van der Waals surface area contributed by atoms with Gasteiger partial charge in [0.25, 0.3) is 0 Å². The van der Waals surface area contributed by atoms with Crippen LogP contribution >= 0.6 is 11.6 Å². The zero-order chi connectivity index (χ0) is 14.1. The summed E-state index contributed by atoms with van der Waals surface area (Å²) in [5, 5.41) is 0. The molecule has 2 nitrogen and oxygen atoms in total. The van der Waals surface area contributed by atoms with Gasteiger partial charge in [-0.2, -0.15) is 0 Å². The molecule has 0 aromatic heterocycles. The van der Waals surface area contributed by atoms with Crippen molar-refractivity contribution in [3.63, 3.8) is 0 Å². The Labute approximate surface area is 123 Å². The van der Waals surface area contributed by atoms with E-state index in [-0.39, 0.29) is 0 Å². The van der Waals surface area contributed by atoms with Gasteiger partial charge in [0, 0.05) is 24.7 Å². The zero-order valence-electron chi connectivity index (χ0n) is 12.5. The minimum Gasteiger partial charge on any atom is -0.372 e. The summed E-state index contributed by atoms with van der Waals surface area (Å²) >= 11 is 6.03. The highest BCUT2D eigenvalue weighted by Crippen LogP contribution is 2.22. The van der Waals surface area contributed by atoms with Crippen LogP contribution in [0.4, 0.5) is 5.69 Å². The third-order valence-corrected chi connectivity index (χ3v) is 3.94. The van der Waals surface area contributed by atoms with Crippen molar-refractivity contribution >= 4 is 17.3 Å². The maximum Gasteiger partial charge on any atom is 0.0494 e. The van der Waals surface area contributed by atoms with Crippen LogP contribution in [0.2, 0.25) is 0 Å². The van der Waals surface area contributed by atoms with E-state index in [1.165, 1.54) is 24.2 Å². The molecule has 0 aliphatic carbocycles. The molecular formula is C16H27ClN2. The molecule has 108 valence electrons. The molecule has 1 aromatic rings. The van der Waals surface area contributed by atoms with Gasteiger partial charge in [0.05, 0.1) is 0 Å². The minimum atomic E-state index is 0.586. The Morgan fingerprint density at radius 1 is 0.947 bits per heavy atom. The normalized spacial score (nSPS) is 11.0. The lowest BCUT2D eigenvalue weighted by Gasteiger charge is -2.27. The van der Waals surface area contributed by atoms with Crippen molar-refractivity contribution in [2.75, 3.05) is 37.6 Å². The van der Waals surface area contributed by atoms with E-state index < -0.39 is 0 Å². The standard InChI is InChI=1S/C16H27ClN2/c1-4-18(5-2)12-9-13-19(6-3)16-11-8-7-10-15(16)14-17/h7-8,10-11H,4-6,9,12-14H2,1-3H3. The van der Waals surface area contributed by atoms with E-state index in [9.17, 15) is 0 Å². The third-order valence-electron chi connectivity index (χ3n) is 3.65. The number of anilines is 1. The Bertz CT molecular complexity index is 350. The molecule has 0 unspecified atom stereocenters. The largest absolute Gasteiger partial charge is 0.372 e. The van der Waals surface area contributed by atoms with E-state index in [2.05, 4.69) is 54.8 Å². The van der Waals surface area contributed by atoms with Crippen LogP contribution in [-0.2, 0) is 5.88 Å². The number of hydrogen-bond acceptors (Lipinski definition) is 2. The lowest BCUT2D eigenvalue weighted by Crippen LogP contribution is -2.30. The van der Waals surface area contributed by atoms with E-state index in [0.717, 1.165) is 26.2 Å². The summed E-state index contributed by atoms with van der Waals surface area (Å²) in [7, 11) is 0. The molecule has 0 aliphatic rings. The van der Waals surface area contributed by atoms with Crippen molar-refractivity contribution in [3.8, 4) is 0 Å². The third kappa shape index (κ3) is 5.04. The van der Waals surface area contributed by atoms with Crippen LogP contribution in [-0.4, -0.2) is 37.6 Å². The van der Waals surface area contributed by atoms with Crippen LogP contribution in [0.3, 0.4) is 0 Å². The van der Waals surface area contributed by atoms with Crippen molar-refractivity contribution in [1.29, 1.82) is 0 Å². The molecule has 0 saturated carbocycles. The molecule has 0 aliphatic heterocycles. The minimum absolute atomic E-state index is 0.586. The fraction of sp³-hybridized carbons (Fsp3) is 0.625. The smallest absolute Gasteiger partial charge is 0.0494 e. The van der Waals surface area contributed by atoms with E-state index >= 15 is 0 Å². The first kappa shape index (κ1) is 16.3. The van der Waals surface area contributed by atoms with Crippen molar-refractivity contribution in [3.05, 3.63) is 29.8 Å². The maximum absolute atomic E-state index is 6.03. The van der Waals surface area contributed by atoms with E-state index in [1.807, 2.05) is 0 Å². The van der Waals surface area contributed by atoms with Gasteiger partial charge in [-0.05, 0) is 44.6 Å². The molecule has 0 radical (unpaired) electrons. The van der Waals surface area contributed by atoms with Crippen LogP contribution in [0.25, 0.3) is 0 Å². The molecule has 0 fully saturated rings. The predicted molar refractivity (Wildman–Crippen MR) is 86.3 cm³/mol. The summed E-state index contributed by atoms with van der Waals surface area (Å²) in [4.78, 5) is 4.91. The van der Waals surface area contributed by atoms with Crippen LogP contribution in [0.15, 0.2) is 24.3 Å². The predicted octanol–water partition coefficient (Wildman–Crippen LogP) is 3.98. The quantitative estimate of drug-likeness (QED) is 0.632. The summed E-state index contributed by atoms with van der Waals surface area (Å²) in [6, 6.07) is 8.46. The fourth-order valence-electron chi connectivity index (χ4n) is 2.41. The van der Waals surface area contributed by atoms with Crippen molar-refractivity contribution < 1.29 is 0 Å². The molecular weight excluding hydrogens is 256 g/mol. The van der Waals surface area contributed by atoms with Crippen LogP contribution in [0.5, 0.6) is 0 Å². The highest BCUT2D eigenvalue weighted by Gasteiger charge is 2.09. The Hall–Kier alpha value is -0.730. The SMILES string of the molecule is CCN(CC)CCCN(CC)c1ccccc1CCl.